The van der Waals surface area contributed by atoms with Gasteiger partial charge in [-0.05, 0) is 37.3 Å². The highest BCUT2D eigenvalue weighted by atomic mass is 32.1. The van der Waals surface area contributed by atoms with E-state index in [-0.39, 0.29) is 5.97 Å². The van der Waals surface area contributed by atoms with Gasteiger partial charge in [-0.2, -0.15) is 0 Å². The molecule has 2 N–H and O–H groups in total. The average molecular weight is 211 g/mol. The van der Waals surface area contributed by atoms with Gasteiger partial charge in [0.2, 0.25) is 0 Å². The van der Waals surface area contributed by atoms with Crippen molar-refractivity contribution in [1.82, 2.24) is 0 Å². The summed E-state index contributed by atoms with van der Waals surface area (Å²) in [5, 5.41) is 0.704. The zero-order valence-electron chi connectivity index (χ0n) is 8.08. The number of nitrogens with two attached hydrogens (primary N) is 1. The van der Waals surface area contributed by atoms with Gasteiger partial charge in [0.15, 0.2) is 0 Å². The number of esters is 1. The molecule has 1 fully saturated rings. The minimum absolute atomic E-state index is 0.226. The van der Waals surface area contributed by atoms with Gasteiger partial charge in [-0.1, -0.05) is 0 Å². The normalized spacial score (nSPS) is 15.5. The molecule has 76 valence electrons. The lowest BCUT2D eigenvalue weighted by molar-refractivity contribution is 0.0531. The summed E-state index contributed by atoms with van der Waals surface area (Å²) in [5.74, 6) is 0.319. The molecule has 1 heterocycles. The maximum absolute atomic E-state index is 11.5. The lowest BCUT2D eigenvalue weighted by Gasteiger charge is -2.01. The van der Waals surface area contributed by atoms with Crippen LogP contribution >= 0.6 is 11.3 Å². The van der Waals surface area contributed by atoms with Crippen LogP contribution in [0.25, 0.3) is 0 Å². The maximum Gasteiger partial charge on any atom is 0.348 e. The van der Waals surface area contributed by atoms with Crippen LogP contribution in [0.4, 0.5) is 5.00 Å². The van der Waals surface area contributed by atoms with E-state index in [4.69, 9.17) is 10.5 Å². The predicted octanol–water partition coefficient (Wildman–Crippen LogP) is 2.38. The van der Waals surface area contributed by atoms with Crippen LogP contribution in [-0.2, 0) is 4.74 Å². The molecule has 1 saturated carbocycles. The van der Waals surface area contributed by atoms with Gasteiger partial charge < -0.3 is 10.5 Å². The quantitative estimate of drug-likeness (QED) is 0.781. The molecular weight excluding hydrogens is 198 g/mol. The lowest BCUT2D eigenvalue weighted by Crippen LogP contribution is -2.04. The Labute approximate surface area is 86.9 Å². The molecule has 0 aliphatic heterocycles. The summed E-state index contributed by atoms with van der Waals surface area (Å²) in [7, 11) is 0. The lowest BCUT2D eigenvalue weighted by atomic mass is 10.1. The van der Waals surface area contributed by atoms with E-state index >= 15 is 0 Å². The standard InChI is InChI=1S/C10H13NO2S/c1-2-13-10(12)9-7(6-3-4-6)5-8(11)14-9/h5-6H,2-4,11H2,1H3. The second kappa shape index (κ2) is 3.61. The number of carbonyl (C=O) groups is 1. The van der Waals surface area contributed by atoms with E-state index in [2.05, 4.69) is 0 Å². The number of carbonyl (C=O) groups excluding carboxylic acids is 1. The largest absolute Gasteiger partial charge is 0.462 e. The molecule has 1 aromatic heterocycles. The molecule has 4 heteroatoms. The first-order chi connectivity index (χ1) is 6.72. The van der Waals surface area contributed by atoms with E-state index in [1.165, 1.54) is 24.2 Å². The summed E-state index contributed by atoms with van der Waals surface area (Å²) in [4.78, 5) is 12.2. The Kier molecular flexibility index (Phi) is 2.46. The topological polar surface area (TPSA) is 52.3 Å². The van der Waals surface area contributed by atoms with Crippen molar-refractivity contribution in [1.29, 1.82) is 0 Å². The van der Waals surface area contributed by atoms with Gasteiger partial charge in [-0.25, -0.2) is 4.79 Å². The van der Waals surface area contributed by atoms with Crippen molar-refractivity contribution in [2.45, 2.75) is 25.7 Å². The van der Waals surface area contributed by atoms with Gasteiger partial charge in [0.25, 0.3) is 0 Å². The molecule has 3 nitrogen and oxygen atoms in total. The van der Waals surface area contributed by atoms with Gasteiger partial charge in [-0.3, -0.25) is 0 Å². The predicted molar refractivity (Wildman–Crippen MR) is 56.7 cm³/mol. The van der Waals surface area contributed by atoms with Crippen molar-refractivity contribution in [3.8, 4) is 0 Å². The molecule has 1 aliphatic carbocycles. The average Bonchev–Trinajstić information content (AvgIpc) is 2.90. The Morgan fingerprint density at radius 1 is 1.71 bits per heavy atom. The number of thiophene rings is 1. The third-order valence-electron chi connectivity index (χ3n) is 2.26. The molecule has 0 spiro atoms. The summed E-state index contributed by atoms with van der Waals surface area (Å²) >= 11 is 1.33. The third kappa shape index (κ3) is 1.75. The first-order valence-electron chi connectivity index (χ1n) is 4.78. The zero-order valence-corrected chi connectivity index (χ0v) is 8.89. The van der Waals surface area contributed by atoms with Gasteiger partial charge in [0.1, 0.15) is 4.88 Å². The number of rotatable bonds is 3. The molecular formula is C10H13NO2S. The first kappa shape index (κ1) is 9.52. The van der Waals surface area contributed by atoms with Crippen LogP contribution in [0.1, 0.15) is 40.9 Å². The minimum Gasteiger partial charge on any atom is -0.462 e. The molecule has 0 radical (unpaired) electrons. The van der Waals surface area contributed by atoms with Crippen LogP contribution < -0.4 is 5.73 Å². The van der Waals surface area contributed by atoms with E-state index in [1.807, 2.05) is 13.0 Å². The fourth-order valence-electron chi connectivity index (χ4n) is 1.48. The Bertz CT molecular complexity index is 355. The van der Waals surface area contributed by atoms with Gasteiger partial charge in [-0.15, -0.1) is 11.3 Å². The fraction of sp³-hybridized carbons (Fsp3) is 0.500. The highest BCUT2D eigenvalue weighted by molar-refractivity contribution is 7.17. The summed E-state index contributed by atoms with van der Waals surface area (Å²) in [6, 6.07) is 1.91. The smallest absolute Gasteiger partial charge is 0.348 e. The summed E-state index contributed by atoms with van der Waals surface area (Å²) < 4.78 is 4.98. The van der Waals surface area contributed by atoms with Crippen molar-refractivity contribution in [2.24, 2.45) is 0 Å². The third-order valence-corrected chi connectivity index (χ3v) is 3.22. The molecule has 0 bridgehead atoms. The number of anilines is 1. The Morgan fingerprint density at radius 2 is 2.43 bits per heavy atom. The Morgan fingerprint density at radius 3 is 3.00 bits per heavy atom. The molecule has 0 amide bonds. The SMILES string of the molecule is CCOC(=O)c1sc(N)cc1C1CC1. The van der Waals surface area contributed by atoms with Crippen LogP contribution in [0.5, 0.6) is 0 Å². The van der Waals surface area contributed by atoms with Gasteiger partial charge >= 0.3 is 5.97 Å². The van der Waals surface area contributed by atoms with Crippen molar-refractivity contribution >= 4 is 22.3 Å². The monoisotopic (exact) mass is 211 g/mol. The van der Waals surface area contributed by atoms with Crippen molar-refractivity contribution in [3.63, 3.8) is 0 Å². The molecule has 0 saturated heterocycles. The highest BCUT2D eigenvalue weighted by Crippen LogP contribution is 2.45. The molecule has 1 aliphatic rings. The second-order valence-electron chi connectivity index (χ2n) is 3.43. The van der Waals surface area contributed by atoms with Crippen LogP contribution in [0.2, 0.25) is 0 Å². The van der Waals surface area contributed by atoms with Crippen molar-refractivity contribution in [2.75, 3.05) is 12.3 Å². The molecule has 14 heavy (non-hydrogen) atoms. The number of hydrogen-bond acceptors (Lipinski definition) is 4. The van der Waals surface area contributed by atoms with Gasteiger partial charge in [0, 0.05) is 0 Å². The second-order valence-corrected chi connectivity index (χ2v) is 4.51. The highest BCUT2D eigenvalue weighted by Gasteiger charge is 2.30. The first-order valence-corrected chi connectivity index (χ1v) is 5.60. The summed E-state index contributed by atoms with van der Waals surface area (Å²) in [6.07, 6.45) is 2.34. The van der Waals surface area contributed by atoms with E-state index in [9.17, 15) is 4.79 Å². The van der Waals surface area contributed by atoms with E-state index in [0.29, 0.717) is 22.4 Å². The van der Waals surface area contributed by atoms with Crippen LogP contribution in [0.15, 0.2) is 6.07 Å². The number of ether oxygens (including phenoxy) is 1. The molecule has 0 unspecified atom stereocenters. The van der Waals surface area contributed by atoms with E-state index in [0.717, 1.165) is 5.56 Å². The minimum atomic E-state index is -0.226. The molecule has 0 aromatic carbocycles. The molecule has 0 atom stereocenters. The van der Waals surface area contributed by atoms with E-state index < -0.39 is 0 Å². The Hall–Kier alpha value is -1.03. The molecule has 1 aromatic rings. The molecule has 2 rings (SSSR count). The number of hydrogen-bond donors (Lipinski definition) is 1. The summed E-state index contributed by atoms with van der Waals surface area (Å²) in [6.45, 7) is 2.23. The van der Waals surface area contributed by atoms with Crippen molar-refractivity contribution in [3.05, 3.63) is 16.5 Å². The fourth-order valence-corrected chi connectivity index (χ4v) is 2.39. The van der Waals surface area contributed by atoms with E-state index in [1.54, 1.807) is 0 Å². The van der Waals surface area contributed by atoms with Gasteiger partial charge in [0.05, 0.1) is 11.6 Å². The Balaban J connectivity index is 2.26. The van der Waals surface area contributed by atoms with Crippen LogP contribution in [0.3, 0.4) is 0 Å². The zero-order chi connectivity index (χ0) is 10.1. The van der Waals surface area contributed by atoms with Crippen LogP contribution in [-0.4, -0.2) is 12.6 Å². The van der Waals surface area contributed by atoms with Crippen LogP contribution in [0, 0.1) is 0 Å². The summed E-state index contributed by atoms with van der Waals surface area (Å²) in [5.41, 5.74) is 6.78. The number of nitrogen functional groups attached to an aromatic ring is 1. The maximum atomic E-state index is 11.5. The van der Waals surface area contributed by atoms with Crippen molar-refractivity contribution < 1.29 is 9.53 Å².